The summed E-state index contributed by atoms with van der Waals surface area (Å²) in [4.78, 5) is 1.60. The number of halogens is 7. The van der Waals surface area contributed by atoms with E-state index in [1.807, 2.05) is 0 Å². The third-order valence-corrected chi connectivity index (χ3v) is 1.40. The van der Waals surface area contributed by atoms with Crippen LogP contribution in [-0.4, -0.2) is 42.7 Å². The van der Waals surface area contributed by atoms with Gasteiger partial charge in [0.2, 0.25) is 0 Å². The fourth-order valence-corrected chi connectivity index (χ4v) is 0.776. The van der Waals surface area contributed by atoms with Gasteiger partial charge >= 0.3 is 39.1 Å². The minimum absolute atomic E-state index is 0.120. The average Bonchev–Trinajstić information content (AvgIpc) is 2.13. The van der Waals surface area contributed by atoms with Crippen molar-refractivity contribution in [2.45, 2.75) is 0 Å². The Kier molecular flexibility index (Phi) is 3.07. The second kappa shape index (κ2) is 3.20. The van der Waals surface area contributed by atoms with Crippen LogP contribution in [0.15, 0.2) is 0 Å². The van der Waals surface area contributed by atoms with Gasteiger partial charge in [-0.1, -0.05) is 0 Å². The Labute approximate surface area is 81.2 Å². The molecule has 0 spiro atoms. The van der Waals surface area contributed by atoms with E-state index in [0.29, 0.717) is 0 Å². The summed E-state index contributed by atoms with van der Waals surface area (Å²) in [6.45, 7) is 1.62. The molecule has 0 aromatic rings. The molecule has 94 valence electrons. The monoisotopic (exact) mass is 262 g/mol. The van der Waals surface area contributed by atoms with Crippen molar-refractivity contribution in [2.75, 3.05) is 27.2 Å². The molecule has 0 aromatic heterocycles. The van der Waals surface area contributed by atoms with Crippen molar-refractivity contribution in [1.82, 2.24) is 4.90 Å². The van der Waals surface area contributed by atoms with Crippen LogP contribution in [0.2, 0.25) is 0 Å². The summed E-state index contributed by atoms with van der Waals surface area (Å²) in [5.74, 6) is 0. The van der Waals surface area contributed by atoms with Gasteiger partial charge < -0.3 is 0 Å². The Balaban J connectivity index is 0.000000265. The van der Waals surface area contributed by atoms with Gasteiger partial charge in [-0.25, -0.2) is 9.48 Å². The van der Waals surface area contributed by atoms with E-state index in [2.05, 4.69) is 0 Å². The van der Waals surface area contributed by atoms with E-state index in [1.54, 1.807) is 23.6 Å². The molecule has 1 heterocycles. The third-order valence-electron chi connectivity index (χ3n) is 1.40. The van der Waals surface area contributed by atoms with Crippen molar-refractivity contribution in [3.05, 3.63) is 0 Å². The van der Waals surface area contributed by atoms with Gasteiger partial charge in [-0.3, -0.25) is 0 Å². The summed E-state index contributed by atoms with van der Waals surface area (Å²) >= 11 is 0. The van der Waals surface area contributed by atoms with E-state index >= 15 is 0 Å². The molecule has 0 unspecified atom stereocenters. The van der Waals surface area contributed by atoms with E-state index in [-0.39, 0.29) is 6.09 Å². The summed E-state index contributed by atoms with van der Waals surface area (Å²) < 4.78 is 73.3. The zero-order valence-electron chi connectivity index (χ0n) is 7.90. The number of amidine groups is 1. The predicted molar refractivity (Wildman–Crippen MR) is 43.4 cm³/mol. The molecule has 1 aliphatic rings. The molecule has 15 heavy (non-hydrogen) atoms. The van der Waals surface area contributed by atoms with Gasteiger partial charge in [-0.05, 0) is 0 Å². The van der Waals surface area contributed by atoms with Gasteiger partial charge in [-0.2, -0.15) is 0 Å². The summed E-state index contributed by atoms with van der Waals surface area (Å²) in [5.41, 5.74) is 0. The van der Waals surface area contributed by atoms with Gasteiger partial charge in [0.25, 0.3) is 0 Å². The molecule has 10 heteroatoms. The second-order valence-corrected chi connectivity index (χ2v) is 4.99. The molecule has 1 rings (SSSR count). The Morgan fingerprint density at radius 3 is 1.53 bits per heavy atom. The number of hydrogen-bond donors (Lipinski definition) is 0. The van der Waals surface area contributed by atoms with Gasteiger partial charge in [0, 0.05) is 0 Å². The van der Waals surface area contributed by atoms with Crippen molar-refractivity contribution in [2.24, 2.45) is 0 Å². The summed E-state index contributed by atoms with van der Waals surface area (Å²) in [5, 5.41) is 0. The van der Waals surface area contributed by atoms with Crippen molar-refractivity contribution in [3.63, 3.8) is 0 Å². The zero-order chi connectivity index (χ0) is 12.6. The van der Waals surface area contributed by atoms with Crippen LogP contribution in [0.1, 0.15) is 0 Å². The molecule has 0 aromatic carbocycles. The Hall–Kier alpha value is -0.590. The van der Waals surface area contributed by atoms with Gasteiger partial charge in [0.1, 0.15) is 13.1 Å². The van der Waals surface area contributed by atoms with Crippen LogP contribution in [0.5, 0.6) is 0 Å². The number of hydrogen-bond acceptors (Lipinski definition) is 1. The average molecular weight is 262 g/mol. The Morgan fingerprint density at radius 2 is 1.47 bits per heavy atom. The summed E-state index contributed by atoms with van der Waals surface area (Å²) in [6, 6.07) is 0. The van der Waals surface area contributed by atoms with Crippen LogP contribution in [0.25, 0.3) is 0 Å². The molecule has 0 saturated heterocycles. The first-order valence-corrected chi connectivity index (χ1v) is 5.71. The Bertz CT molecular complexity index is 266. The fraction of sp³-hybridized carbons (Fsp3) is 0.800. The standard InChI is InChI=1S/C5H10FN2.F6P/c1-7-3-4-8(2)5(7)6;1-7(2,3,4,5)6/h3-4H2,1-2H3;/q+1;-1. The van der Waals surface area contributed by atoms with Gasteiger partial charge in [-0.15, -0.1) is 4.39 Å². The molecule has 2 nitrogen and oxygen atoms in total. The van der Waals surface area contributed by atoms with Crippen LogP contribution < -0.4 is 0 Å². The second-order valence-electron chi connectivity index (χ2n) is 3.07. The molecule has 0 N–H and O–H groups in total. The quantitative estimate of drug-likeness (QED) is 0.281. The van der Waals surface area contributed by atoms with Crippen molar-refractivity contribution in [3.8, 4) is 0 Å². The fourth-order valence-electron chi connectivity index (χ4n) is 0.776. The van der Waals surface area contributed by atoms with Crippen LogP contribution in [0.3, 0.4) is 0 Å². The predicted octanol–water partition coefficient (Wildman–Crippen LogP) is 3.28. The van der Waals surface area contributed by atoms with E-state index in [4.69, 9.17) is 0 Å². The van der Waals surface area contributed by atoms with Crippen LogP contribution >= 0.6 is 7.81 Å². The topological polar surface area (TPSA) is 6.25 Å². The summed E-state index contributed by atoms with van der Waals surface area (Å²) in [7, 11) is -7.16. The normalized spacial score (nSPS) is 21.8. The maximum atomic E-state index is 12.5. The number of likely N-dealkylation sites (N-methyl/N-ethyl adjacent to an activating group) is 2. The van der Waals surface area contributed by atoms with E-state index in [0.717, 1.165) is 13.1 Å². The van der Waals surface area contributed by atoms with E-state index in [1.165, 1.54) is 0 Å². The van der Waals surface area contributed by atoms with E-state index in [9.17, 15) is 29.6 Å². The molecule has 0 saturated carbocycles. The SMILES string of the molecule is CN1CC[N+](C)=C1F.F[P-](F)(F)(F)(F)F. The number of rotatable bonds is 0. The van der Waals surface area contributed by atoms with Gasteiger partial charge in [0.15, 0.2) is 0 Å². The molecule has 0 atom stereocenters. The van der Waals surface area contributed by atoms with Crippen LogP contribution in [0.4, 0.5) is 29.6 Å². The first-order valence-electron chi connectivity index (χ1n) is 3.68. The minimum atomic E-state index is -10.7. The van der Waals surface area contributed by atoms with Crippen molar-refractivity contribution >= 4 is 13.9 Å². The number of nitrogens with zero attached hydrogens (tertiary/aromatic N) is 2. The van der Waals surface area contributed by atoms with Gasteiger partial charge in [0.05, 0.1) is 14.1 Å². The first kappa shape index (κ1) is 14.4. The molecular weight excluding hydrogens is 252 g/mol. The van der Waals surface area contributed by atoms with E-state index < -0.39 is 7.81 Å². The zero-order valence-corrected chi connectivity index (χ0v) is 8.80. The molecule has 0 fully saturated rings. The molecule has 0 bridgehead atoms. The molecule has 0 radical (unpaired) electrons. The van der Waals surface area contributed by atoms with Crippen molar-refractivity contribution in [1.29, 1.82) is 0 Å². The molecule has 0 amide bonds. The van der Waals surface area contributed by atoms with Crippen LogP contribution in [-0.2, 0) is 0 Å². The Morgan fingerprint density at radius 1 is 1.13 bits per heavy atom. The first-order chi connectivity index (χ1) is 6.16. The third kappa shape index (κ3) is 11.3. The molecule has 0 aliphatic carbocycles. The summed E-state index contributed by atoms with van der Waals surface area (Å²) in [6.07, 6.45) is -0.120. The van der Waals surface area contributed by atoms with Crippen LogP contribution in [0, 0.1) is 0 Å². The van der Waals surface area contributed by atoms with Crippen molar-refractivity contribution < 1.29 is 34.1 Å². The maximum absolute atomic E-state index is 12.5. The molecular formula is C5H10F7N2P. The molecule has 1 aliphatic heterocycles.